The topological polar surface area (TPSA) is 105 Å². The molecule has 9 heteroatoms. The molecule has 0 bridgehead atoms. The Morgan fingerprint density at radius 3 is 1.26 bits per heavy atom. The van der Waals surface area contributed by atoms with Gasteiger partial charge in [0.15, 0.2) is 0 Å². The number of quaternary nitrogens is 1. The molecule has 0 fully saturated rings. The second-order valence-electron chi connectivity index (χ2n) is 21.0. The fourth-order valence-corrected chi connectivity index (χ4v) is 9.10. The van der Waals surface area contributed by atoms with E-state index in [-0.39, 0.29) is 19.1 Å². The molecule has 0 aliphatic rings. The molecule has 0 aromatic heterocycles. The van der Waals surface area contributed by atoms with Crippen LogP contribution in [0.15, 0.2) is 72.9 Å². The van der Waals surface area contributed by atoms with Gasteiger partial charge in [-0.2, -0.15) is 0 Å². The molecule has 3 N–H and O–H groups in total. The van der Waals surface area contributed by atoms with Gasteiger partial charge in [-0.25, -0.2) is 4.57 Å². The molecule has 0 saturated heterocycles. The van der Waals surface area contributed by atoms with Crippen LogP contribution in [0.25, 0.3) is 0 Å². The summed E-state index contributed by atoms with van der Waals surface area (Å²) in [6, 6.07) is -0.843. The highest BCUT2D eigenvalue weighted by molar-refractivity contribution is 7.47. The fraction of sp³-hybridized carbons (Fsp3) is 0.787. The fourth-order valence-electron chi connectivity index (χ4n) is 8.36. The SMILES string of the molecule is CC/C=C\C/C=C\C/C=C\C/C=C\C/C=C\CCCCCCCCCCCCCCCCCCCCCCCCCCCC(=O)NC(COP(=O)(O)OCC[N+](C)(C)C)C(O)/C=C/CCCCCCC. The molecular formula is C61H114N2O6P+. The molecule has 0 aliphatic heterocycles. The molecule has 3 atom stereocenters. The Balaban J connectivity index is 3.74. The number of aliphatic hydroxyl groups is 1. The minimum atomic E-state index is -4.33. The molecule has 8 nitrogen and oxygen atoms in total. The second-order valence-corrected chi connectivity index (χ2v) is 22.4. The highest BCUT2D eigenvalue weighted by Gasteiger charge is 2.27. The van der Waals surface area contributed by atoms with Crippen LogP contribution < -0.4 is 5.32 Å². The Bertz CT molecular complexity index is 1370. The summed E-state index contributed by atoms with van der Waals surface area (Å²) in [6.07, 6.45) is 72.1. The number of likely N-dealkylation sites (N-methyl/N-ethyl adjacent to an activating group) is 1. The van der Waals surface area contributed by atoms with Crippen molar-refractivity contribution in [3.8, 4) is 0 Å². The van der Waals surface area contributed by atoms with E-state index in [9.17, 15) is 19.4 Å². The number of phosphoric ester groups is 1. The maximum absolute atomic E-state index is 12.9. The quantitative estimate of drug-likeness (QED) is 0.0243. The standard InChI is InChI=1S/C61H113N2O6P/c1-6-8-10-12-14-15-16-17-18-19-20-21-22-23-24-25-26-27-28-29-30-31-32-33-34-35-36-37-38-39-40-41-42-43-44-45-46-47-49-51-53-55-61(65)62-59(60(64)54-52-50-48-13-11-9-7-2)58-69-70(66,67)68-57-56-63(3,4)5/h8,10,14-15,17-18,20-21,23-24,52,54,59-60,64H,6-7,9,11-13,16,19,22,25-51,53,55-58H2,1-5H3,(H-,62,65,66,67)/p+1/b10-8-,15-14-,18-17-,21-20-,24-23-,54-52+. The van der Waals surface area contributed by atoms with E-state index in [4.69, 9.17) is 9.05 Å². The molecule has 0 aromatic rings. The number of aliphatic hydroxyl groups excluding tert-OH is 1. The normalized spacial score (nSPS) is 14.4. The highest BCUT2D eigenvalue weighted by atomic mass is 31.2. The Kier molecular flexibility index (Phi) is 50.3. The molecule has 0 rings (SSSR count). The van der Waals surface area contributed by atoms with Gasteiger partial charge in [0.05, 0.1) is 39.9 Å². The van der Waals surface area contributed by atoms with Gasteiger partial charge in [0.2, 0.25) is 5.91 Å². The van der Waals surface area contributed by atoms with Crippen LogP contribution in [0.2, 0.25) is 0 Å². The molecule has 3 unspecified atom stereocenters. The van der Waals surface area contributed by atoms with Crippen LogP contribution in [0, 0.1) is 0 Å². The lowest BCUT2D eigenvalue weighted by molar-refractivity contribution is -0.870. The summed E-state index contributed by atoms with van der Waals surface area (Å²) in [6.45, 7) is 4.65. The number of hydrogen-bond acceptors (Lipinski definition) is 5. The lowest BCUT2D eigenvalue weighted by Gasteiger charge is -2.25. The number of allylic oxidation sites excluding steroid dienone is 11. The lowest BCUT2D eigenvalue weighted by atomic mass is 10.0. The summed E-state index contributed by atoms with van der Waals surface area (Å²) in [4.78, 5) is 23.1. The first-order valence-electron chi connectivity index (χ1n) is 29.3. The Hall–Kier alpha value is -2.06. The average Bonchev–Trinajstić information content (AvgIpc) is 3.32. The van der Waals surface area contributed by atoms with Crippen LogP contribution in [-0.4, -0.2) is 73.4 Å². The summed E-state index contributed by atoms with van der Waals surface area (Å²) in [5, 5.41) is 13.7. The molecule has 0 radical (unpaired) electrons. The third-order valence-corrected chi connectivity index (χ3v) is 13.9. The summed E-state index contributed by atoms with van der Waals surface area (Å²) < 4.78 is 23.5. The van der Waals surface area contributed by atoms with Gasteiger partial charge in [-0.15, -0.1) is 0 Å². The van der Waals surface area contributed by atoms with Crippen molar-refractivity contribution in [1.82, 2.24) is 5.32 Å². The molecule has 408 valence electrons. The Labute approximate surface area is 434 Å². The van der Waals surface area contributed by atoms with E-state index in [1.54, 1.807) is 6.08 Å². The van der Waals surface area contributed by atoms with E-state index in [1.807, 2.05) is 27.2 Å². The zero-order valence-corrected chi connectivity index (χ0v) is 47.4. The van der Waals surface area contributed by atoms with Crippen molar-refractivity contribution in [2.45, 2.75) is 270 Å². The van der Waals surface area contributed by atoms with Crippen LogP contribution in [0.4, 0.5) is 0 Å². The van der Waals surface area contributed by atoms with E-state index >= 15 is 0 Å². The number of amides is 1. The van der Waals surface area contributed by atoms with Gasteiger partial charge in [0, 0.05) is 6.42 Å². The predicted octanol–water partition coefficient (Wildman–Crippen LogP) is 17.9. The van der Waals surface area contributed by atoms with Crippen LogP contribution in [-0.2, 0) is 18.4 Å². The number of rotatable bonds is 53. The zero-order valence-electron chi connectivity index (χ0n) is 46.5. The Morgan fingerprint density at radius 1 is 0.500 bits per heavy atom. The third kappa shape index (κ3) is 53.7. The van der Waals surface area contributed by atoms with Crippen LogP contribution in [0.1, 0.15) is 258 Å². The zero-order chi connectivity index (χ0) is 51.3. The minimum absolute atomic E-state index is 0.0612. The van der Waals surface area contributed by atoms with Gasteiger partial charge in [-0.1, -0.05) is 260 Å². The van der Waals surface area contributed by atoms with Crippen molar-refractivity contribution in [2.75, 3.05) is 40.9 Å². The van der Waals surface area contributed by atoms with Crippen LogP contribution in [0.5, 0.6) is 0 Å². The summed E-state index contributed by atoms with van der Waals surface area (Å²) in [5.74, 6) is -0.179. The van der Waals surface area contributed by atoms with Crippen molar-refractivity contribution in [3.05, 3.63) is 72.9 Å². The van der Waals surface area contributed by atoms with E-state index in [1.165, 1.54) is 167 Å². The van der Waals surface area contributed by atoms with Gasteiger partial charge >= 0.3 is 7.82 Å². The monoisotopic (exact) mass is 1000 g/mol. The average molecular weight is 1000 g/mol. The number of carbonyl (C=O) groups is 1. The first kappa shape index (κ1) is 67.9. The summed E-state index contributed by atoms with van der Waals surface area (Å²) in [7, 11) is 1.57. The smallest absolute Gasteiger partial charge is 0.387 e. The number of carbonyl (C=O) groups excluding carboxylic acids is 1. The number of phosphoric acid groups is 1. The van der Waals surface area contributed by atoms with Crippen molar-refractivity contribution < 1.29 is 32.9 Å². The van der Waals surface area contributed by atoms with E-state index in [0.29, 0.717) is 17.4 Å². The number of nitrogens with zero attached hydrogens (tertiary/aromatic N) is 1. The lowest BCUT2D eigenvalue weighted by Crippen LogP contribution is -2.45. The third-order valence-electron chi connectivity index (χ3n) is 12.9. The van der Waals surface area contributed by atoms with E-state index in [2.05, 4.69) is 79.9 Å². The maximum atomic E-state index is 12.9. The Morgan fingerprint density at radius 2 is 0.857 bits per heavy atom. The summed E-state index contributed by atoms with van der Waals surface area (Å²) in [5.41, 5.74) is 0. The summed E-state index contributed by atoms with van der Waals surface area (Å²) >= 11 is 0. The molecular weight excluding hydrogens is 888 g/mol. The molecule has 70 heavy (non-hydrogen) atoms. The van der Waals surface area contributed by atoms with Crippen molar-refractivity contribution >= 4 is 13.7 Å². The second kappa shape index (κ2) is 51.8. The van der Waals surface area contributed by atoms with Gasteiger partial charge in [0.1, 0.15) is 13.2 Å². The largest absolute Gasteiger partial charge is 0.472 e. The van der Waals surface area contributed by atoms with Gasteiger partial charge < -0.3 is 19.8 Å². The van der Waals surface area contributed by atoms with Crippen molar-refractivity contribution in [2.24, 2.45) is 0 Å². The highest BCUT2D eigenvalue weighted by Crippen LogP contribution is 2.43. The molecule has 0 heterocycles. The molecule has 1 amide bonds. The van der Waals surface area contributed by atoms with Crippen LogP contribution >= 0.6 is 7.82 Å². The van der Waals surface area contributed by atoms with E-state index < -0.39 is 20.0 Å². The van der Waals surface area contributed by atoms with Crippen molar-refractivity contribution in [3.63, 3.8) is 0 Å². The first-order chi connectivity index (χ1) is 34.0. The minimum Gasteiger partial charge on any atom is -0.387 e. The molecule has 0 aliphatic carbocycles. The van der Waals surface area contributed by atoms with Gasteiger partial charge in [-0.05, 0) is 64.2 Å². The van der Waals surface area contributed by atoms with E-state index in [0.717, 1.165) is 70.6 Å². The molecule has 0 aromatic carbocycles. The van der Waals surface area contributed by atoms with Gasteiger partial charge in [0.25, 0.3) is 0 Å². The predicted molar refractivity (Wildman–Crippen MR) is 304 cm³/mol. The maximum Gasteiger partial charge on any atom is 0.472 e. The molecule has 0 spiro atoms. The van der Waals surface area contributed by atoms with Gasteiger partial charge in [-0.3, -0.25) is 13.8 Å². The number of unbranched alkanes of at least 4 members (excludes halogenated alkanes) is 30. The number of nitrogens with one attached hydrogen (secondary N) is 1. The van der Waals surface area contributed by atoms with Crippen molar-refractivity contribution in [1.29, 1.82) is 0 Å². The number of hydrogen-bond donors (Lipinski definition) is 3. The van der Waals surface area contributed by atoms with Crippen LogP contribution in [0.3, 0.4) is 0 Å². The first-order valence-corrected chi connectivity index (χ1v) is 30.8. The molecule has 0 saturated carbocycles.